The van der Waals surface area contributed by atoms with Gasteiger partial charge in [-0.3, -0.25) is 0 Å². The summed E-state index contributed by atoms with van der Waals surface area (Å²) < 4.78 is 18.5. The molecule has 1 aliphatic rings. The van der Waals surface area contributed by atoms with E-state index >= 15 is 0 Å². The molecular weight excluding hydrogens is 311 g/mol. The molecule has 2 amide bonds. The van der Waals surface area contributed by atoms with Crippen LogP contribution in [0.3, 0.4) is 0 Å². The van der Waals surface area contributed by atoms with Crippen LogP contribution in [0.1, 0.15) is 43.2 Å². The van der Waals surface area contributed by atoms with Crippen molar-refractivity contribution < 1.29 is 19.0 Å². The minimum atomic E-state index is -0.311. The minimum Gasteiger partial charge on any atom is -0.396 e. The molecule has 0 aliphatic heterocycles. The molecule has 2 unspecified atom stereocenters. The summed E-state index contributed by atoms with van der Waals surface area (Å²) in [6.45, 7) is 0.620. The molecule has 0 heterocycles. The normalized spacial score (nSPS) is 21.1. The molecule has 5 nitrogen and oxygen atoms in total. The largest absolute Gasteiger partial charge is 0.396 e. The number of aliphatic hydroxyl groups is 1. The third-order valence-electron chi connectivity index (χ3n) is 4.57. The Hall–Kier alpha value is -1.66. The molecule has 3 N–H and O–H groups in total. The predicted octanol–water partition coefficient (Wildman–Crippen LogP) is 2.71. The van der Waals surface area contributed by atoms with E-state index in [-0.39, 0.29) is 37.0 Å². The van der Waals surface area contributed by atoms with Crippen LogP contribution in [0.15, 0.2) is 18.2 Å². The lowest BCUT2D eigenvalue weighted by atomic mass is 9.96. The van der Waals surface area contributed by atoms with Crippen molar-refractivity contribution in [3.63, 3.8) is 0 Å². The van der Waals surface area contributed by atoms with Crippen molar-refractivity contribution >= 4 is 6.03 Å². The second-order valence-corrected chi connectivity index (χ2v) is 6.37. The second-order valence-electron chi connectivity index (χ2n) is 6.37. The van der Waals surface area contributed by atoms with Gasteiger partial charge in [-0.05, 0) is 30.5 Å². The zero-order valence-electron chi connectivity index (χ0n) is 14.2. The van der Waals surface area contributed by atoms with Gasteiger partial charge in [0, 0.05) is 37.8 Å². The number of methoxy groups -OCH3 is 1. The second kappa shape index (κ2) is 9.59. The van der Waals surface area contributed by atoms with Gasteiger partial charge >= 0.3 is 6.03 Å². The average Bonchev–Trinajstić information content (AvgIpc) is 2.80. The summed E-state index contributed by atoms with van der Waals surface area (Å²) in [4.78, 5) is 12.1. The van der Waals surface area contributed by atoms with E-state index in [0.717, 1.165) is 37.7 Å². The lowest BCUT2D eigenvalue weighted by molar-refractivity contribution is 0.179. The van der Waals surface area contributed by atoms with Gasteiger partial charge in [-0.2, -0.15) is 0 Å². The molecule has 6 heteroatoms. The highest BCUT2D eigenvalue weighted by Gasteiger charge is 2.24. The highest BCUT2D eigenvalue weighted by Crippen LogP contribution is 2.23. The summed E-state index contributed by atoms with van der Waals surface area (Å²) in [7, 11) is 1.52. The van der Waals surface area contributed by atoms with Crippen molar-refractivity contribution in [2.75, 3.05) is 13.7 Å². The number of carbonyl (C=O) groups excluding carboxylic acids is 1. The summed E-state index contributed by atoms with van der Waals surface area (Å²) in [5.41, 5.74) is 1.29. The summed E-state index contributed by atoms with van der Waals surface area (Å²) >= 11 is 0. The number of hydrogen-bond acceptors (Lipinski definition) is 3. The number of benzene rings is 1. The minimum absolute atomic E-state index is 0.00905. The fourth-order valence-corrected chi connectivity index (χ4v) is 3.20. The number of urea groups is 1. The lowest BCUT2D eigenvalue weighted by Crippen LogP contribution is -2.45. The monoisotopic (exact) mass is 338 g/mol. The molecular formula is C18H27FN2O3. The summed E-state index contributed by atoms with van der Waals surface area (Å²) in [6.07, 6.45) is 5.16. The molecule has 2 rings (SSSR count). The maximum atomic E-state index is 13.6. The van der Waals surface area contributed by atoms with Crippen LogP contribution in [-0.4, -0.2) is 30.9 Å². The van der Waals surface area contributed by atoms with Crippen LogP contribution in [0.5, 0.6) is 0 Å². The Morgan fingerprint density at radius 3 is 2.88 bits per heavy atom. The number of hydrogen-bond donors (Lipinski definition) is 3. The standard InChI is InChI=1S/C18H27FN2O3/c1-24-12-15-9-13(7-8-16(15)19)10-20-18(23)21-17-6-4-2-3-5-14(17)11-22/h7-9,14,17,22H,2-6,10-12H2,1H3,(H2,20,21,23). The van der Waals surface area contributed by atoms with E-state index in [2.05, 4.69) is 10.6 Å². The highest BCUT2D eigenvalue weighted by molar-refractivity contribution is 5.74. The SMILES string of the molecule is COCc1cc(CNC(=O)NC2CCCCCC2CO)ccc1F. The van der Waals surface area contributed by atoms with Gasteiger partial charge in [0.25, 0.3) is 0 Å². The number of rotatable bonds is 6. The van der Waals surface area contributed by atoms with Crippen molar-refractivity contribution in [3.8, 4) is 0 Å². The van der Waals surface area contributed by atoms with Gasteiger partial charge in [-0.15, -0.1) is 0 Å². The van der Waals surface area contributed by atoms with Gasteiger partial charge in [-0.25, -0.2) is 9.18 Å². The quantitative estimate of drug-likeness (QED) is 0.699. The molecule has 24 heavy (non-hydrogen) atoms. The van der Waals surface area contributed by atoms with Crippen LogP contribution < -0.4 is 10.6 Å². The third kappa shape index (κ3) is 5.46. The number of ether oxygens (including phenoxy) is 1. The van der Waals surface area contributed by atoms with Crippen LogP contribution in [0.2, 0.25) is 0 Å². The van der Waals surface area contributed by atoms with Crippen LogP contribution in [0.4, 0.5) is 9.18 Å². The van der Waals surface area contributed by atoms with Gasteiger partial charge in [0.2, 0.25) is 0 Å². The number of amides is 2. The fraction of sp³-hybridized carbons (Fsp3) is 0.611. The maximum absolute atomic E-state index is 13.6. The van der Waals surface area contributed by atoms with Crippen molar-refractivity contribution in [2.24, 2.45) is 5.92 Å². The summed E-state index contributed by atoms with van der Waals surface area (Å²) in [6, 6.07) is 4.49. The van der Waals surface area contributed by atoms with Crippen LogP contribution in [0.25, 0.3) is 0 Å². The predicted molar refractivity (Wildman–Crippen MR) is 89.9 cm³/mol. The molecule has 0 radical (unpaired) electrons. The first-order valence-corrected chi connectivity index (χ1v) is 8.55. The van der Waals surface area contributed by atoms with Crippen molar-refractivity contribution in [1.82, 2.24) is 10.6 Å². The van der Waals surface area contributed by atoms with Crippen LogP contribution >= 0.6 is 0 Å². The van der Waals surface area contributed by atoms with Crippen molar-refractivity contribution in [2.45, 2.75) is 51.3 Å². The Morgan fingerprint density at radius 1 is 1.33 bits per heavy atom. The Bertz CT molecular complexity index is 539. The van der Waals surface area contributed by atoms with Gasteiger partial charge < -0.3 is 20.5 Å². The number of carbonyl (C=O) groups is 1. The first-order chi connectivity index (χ1) is 11.6. The molecule has 0 spiro atoms. The van der Waals surface area contributed by atoms with Gasteiger partial charge in [-0.1, -0.05) is 25.3 Å². The summed E-state index contributed by atoms with van der Waals surface area (Å²) in [5, 5.41) is 15.3. The van der Waals surface area contributed by atoms with E-state index in [1.165, 1.54) is 13.2 Å². The average molecular weight is 338 g/mol. The highest BCUT2D eigenvalue weighted by atomic mass is 19.1. The number of halogens is 1. The van der Waals surface area contributed by atoms with E-state index in [4.69, 9.17) is 4.74 Å². The van der Waals surface area contributed by atoms with E-state index in [0.29, 0.717) is 12.1 Å². The zero-order chi connectivity index (χ0) is 17.4. The lowest BCUT2D eigenvalue weighted by Gasteiger charge is -2.24. The molecule has 0 aromatic heterocycles. The smallest absolute Gasteiger partial charge is 0.315 e. The third-order valence-corrected chi connectivity index (χ3v) is 4.57. The van der Waals surface area contributed by atoms with Gasteiger partial charge in [0.05, 0.1) is 6.61 Å². The number of aliphatic hydroxyl groups excluding tert-OH is 1. The molecule has 0 saturated heterocycles. The fourth-order valence-electron chi connectivity index (χ4n) is 3.20. The Kier molecular flexibility index (Phi) is 7.46. The first kappa shape index (κ1) is 18.7. The van der Waals surface area contributed by atoms with E-state index in [1.54, 1.807) is 12.1 Å². The van der Waals surface area contributed by atoms with Crippen molar-refractivity contribution in [3.05, 3.63) is 35.1 Å². The van der Waals surface area contributed by atoms with Crippen molar-refractivity contribution in [1.29, 1.82) is 0 Å². The maximum Gasteiger partial charge on any atom is 0.315 e. The summed E-state index contributed by atoms with van der Waals surface area (Å²) in [5.74, 6) is -0.188. The van der Waals surface area contributed by atoms with E-state index in [9.17, 15) is 14.3 Å². The Labute approximate surface area is 142 Å². The molecule has 134 valence electrons. The van der Waals surface area contributed by atoms with Gasteiger partial charge in [0.1, 0.15) is 5.82 Å². The molecule has 0 bridgehead atoms. The molecule has 1 aromatic rings. The van der Waals surface area contributed by atoms with E-state index in [1.807, 2.05) is 0 Å². The van der Waals surface area contributed by atoms with Gasteiger partial charge in [0.15, 0.2) is 0 Å². The van der Waals surface area contributed by atoms with Crippen LogP contribution in [-0.2, 0) is 17.9 Å². The topological polar surface area (TPSA) is 70.6 Å². The molecule has 2 atom stereocenters. The number of nitrogens with one attached hydrogen (secondary N) is 2. The van der Waals surface area contributed by atoms with E-state index < -0.39 is 0 Å². The Morgan fingerprint density at radius 2 is 2.12 bits per heavy atom. The molecule has 1 aromatic carbocycles. The molecule has 1 fully saturated rings. The first-order valence-electron chi connectivity index (χ1n) is 8.55. The van der Waals surface area contributed by atoms with Crippen LogP contribution in [0, 0.1) is 11.7 Å². The molecule has 1 aliphatic carbocycles. The zero-order valence-corrected chi connectivity index (χ0v) is 14.2. The Balaban J connectivity index is 1.87. The molecule has 1 saturated carbocycles.